The monoisotopic (exact) mass is 353 g/mol. The fourth-order valence-electron chi connectivity index (χ4n) is 2.68. The van der Waals surface area contributed by atoms with Crippen LogP contribution in [0.15, 0.2) is 54.6 Å². The second-order valence-corrected chi connectivity index (χ2v) is 6.42. The number of para-hydroxylation sites is 1. The number of nitrogens with zero attached hydrogens (tertiary/aromatic N) is 1. The first-order chi connectivity index (χ1) is 12.5. The lowest BCUT2D eigenvalue weighted by Gasteiger charge is -2.21. The Balaban J connectivity index is 1.89. The Morgan fingerprint density at radius 2 is 1.65 bits per heavy atom. The Morgan fingerprint density at radius 3 is 2.23 bits per heavy atom. The molecule has 0 saturated carbocycles. The van der Waals surface area contributed by atoms with Gasteiger partial charge in [0.15, 0.2) is 0 Å². The van der Waals surface area contributed by atoms with Crippen molar-refractivity contribution in [3.8, 4) is 0 Å². The highest BCUT2D eigenvalue weighted by atomic mass is 16.2. The van der Waals surface area contributed by atoms with Gasteiger partial charge in [-0.2, -0.15) is 0 Å². The van der Waals surface area contributed by atoms with Gasteiger partial charge in [-0.05, 0) is 50.6 Å². The van der Waals surface area contributed by atoms with Crippen LogP contribution in [-0.4, -0.2) is 30.9 Å². The van der Waals surface area contributed by atoms with E-state index >= 15 is 0 Å². The molecule has 2 aromatic rings. The summed E-state index contributed by atoms with van der Waals surface area (Å²) in [7, 11) is 0. The predicted octanol–water partition coefficient (Wildman–Crippen LogP) is 3.22. The molecule has 26 heavy (non-hydrogen) atoms. The van der Waals surface area contributed by atoms with Crippen molar-refractivity contribution in [3.05, 3.63) is 60.2 Å². The van der Waals surface area contributed by atoms with E-state index < -0.39 is 0 Å². The molecule has 5 nitrogen and oxygen atoms in total. The molecule has 2 N–H and O–H groups in total. The largest absolute Gasteiger partial charge is 0.376 e. The Bertz CT molecular complexity index is 712. The van der Waals surface area contributed by atoms with Crippen LogP contribution in [0.2, 0.25) is 0 Å². The maximum atomic E-state index is 12.5. The Labute approximate surface area is 155 Å². The molecule has 0 spiro atoms. The SMILES string of the molecule is CCN(C(=O)CNc1ccc(CC(=O)NC(C)C)cc1)c1ccccc1. The summed E-state index contributed by atoms with van der Waals surface area (Å²) in [5.74, 6) is 0.0245. The molecular formula is C21H27N3O2. The molecule has 2 aromatic carbocycles. The molecule has 5 heteroatoms. The summed E-state index contributed by atoms with van der Waals surface area (Å²) in [5.41, 5.74) is 2.70. The van der Waals surface area contributed by atoms with Crippen molar-refractivity contribution in [2.24, 2.45) is 0 Å². The summed E-state index contributed by atoms with van der Waals surface area (Å²) in [6, 6.07) is 17.4. The molecule has 0 aliphatic carbocycles. The summed E-state index contributed by atoms with van der Waals surface area (Å²) < 4.78 is 0. The number of benzene rings is 2. The van der Waals surface area contributed by atoms with Gasteiger partial charge in [0.1, 0.15) is 0 Å². The van der Waals surface area contributed by atoms with E-state index in [1.54, 1.807) is 4.90 Å². The van der Waals surface area contributed by atoms with E-state index in [1.165, 1.54) is 0 Å². The molecule has 0 heterocycles. The molecule has 0 atom stereocenters. The van der Waals surface area contributed by atoms with Crippen LogP contribution >= 0.6 is 0 Å². The molecule has 0 bridgehead atoms. The van der Waals surface area contributed by atoms with Crippen molar-refractivity contribution >= 4 is 23.2 Å². The molecule has 0 saturated heterocycles. The van der Waals surface area contributed by atoms with Gasteiger partial charge in [-0.15, -0.1) is 0 Å². The van der Waals surface area contributed by atoms with Crippen molar-refractivity contribution in [2.75, 3.05) is 23.3 Å². The summed E-state index contributed by atoms with van der Waals surface area (Å²) in [5, 5.41) is 6.03. The lowest BCUT2D eigenvalue weighted by molar-refractivity contribution is -0.121. The van der Waals surface area contributed by atoms with Crippen molar-refractivity contribution in [3.63, 3.8) is 0 Å². The van der Waals surface area contributed by atoms with Crippen LogP contribution in [0.4, 0.5) is 11.4 Å². The highest BCUT2D eigenvalue weighted by molar-refractivity contribution is 5.96. The van der Waals surface area contributed by atoms with E-state index in [9.17, 15) is 9.59 Å². The van der Waals surface area contributed by atoms with Crippen molar-refractivity contribution in [2.45, 2.75) is 33.2 Å². The maximum Gasteiger partial charge on any atom is 0.246 e. The summed E-state index contributed by atoms with van der Waals surface area (Å²) in [6.07, 6.45) is 0.356. The highest BCUT2D eigenvalue weighted by Gasteiger charge is 2.13. The van der Waals surface area contributed by atoms with Crippen LogP contribution in [0.25, 0.3) is 0 Å². The zero-order valence-electron chi connectivity index (χ0n) is 15.7. The fourth-order valence-corrected chi connectivity index (χ4v) is 2.68. The average Bonchev–Trinajstić information content (AvgIpc) is 2.62. The van der Waals surface area contributed by atoms with Gasteiger partial charge in [-0.3, -0.25) is 9.59 Å². The van der Waals surface area contributed by atoms with E-state index in [0.717, 1.165) is 16.9 Å². The number of amides is 2. The molecule has 0 aliphatic rings. The molecule has 0 aromatic heterocycles. The van der Waals surface area contributed by atoms with E-state index in [0.29, 0.717) is 13.0 Å². The van der Waals surface area contributed by atoms with Gasteiger partial charge < -0.3 is 15.5 Å². The highest BCUT2D eigenvalue weighted by Crippen LogP contribution is 2.14. The number of carbonyl (C=O) groups is 2. The summed E-state index contributed by atoms with van der Waals surface area (Å²) >= 11 is 0. The predicted molar refractivity (Wildman–Crippen MR) is 106 cm³/mol. The number of carbonyl (C=O) groups excluding carboxylic acids is 2. The Kier molecular flexibility index (Phi) is 7.21. The molecule has 0 radical (unpaired) electrons. The maximum absolute atomic E-state index is 12.5. The third-order valence-electron chi connectivity index (χ3n) is 3.90. The molecule has 0 fully saturated rings. The number of nitrogens with one attached hydrogen (secondary N) is 2. The second kappa shape index (κ2) is 9.61. The summed E-state index contributed by atoms with van der Waals surface area (Å²) in [6.45, 7) is 6.68. The van der Waals surface area contributed by atoms with Gasteiger partial charge in [-0.1, -0.05) is 30.3 Å². The lowest BCUT2D eigenvalue weighted by atomic mass is 10.1. The van der Waals surface area contributed by atoms with E-state index in [1.807, 2.05) is 75.4 Å². The normalized spacial score (nSPS) is 10.5. The second-order valence-electron chi connectivity index (χ2n) is 6.42. The number of hydrogen-bond acceptors (Lipinski definition) is 3. The third-order valence-corrected chi connectivity index (χ3v) is 3.90. The van der Waals surface area contributed by atoms with Crippen LogP contribution in [0.3, 0.4) is 0 Å². The zero-order valence-corrected chi connectivity index (χ0v) is 15.7. The van der Waals surface area contributed by atoms with Crippen molar-refractivity contribution in [1.29, 1.82) is 0 Å². The summed E-state index contributed by atoms with van der Waals surface area (Å²) in [4.78, 5) is 26.0. The first-order valence-electron chi connectivity index (χ1n) is 8.97. The molecule has 138 valence electrons. The minimum Gasteiger partial charge on any atom is -0.376 e. The molecule has 2 amide bonds. The van der Waals surface area contributed by atoms with Gasteiger partial charge in [0.05, 0.1) is 13.0 Å². The van der Waals surface area contributed by atoms with Crippen LogP contribution in [0.5, 0.6) is 0 Å². The molecular weight excluding hydrogens is 326 g/mol. The number of rotatable bonds is 8. The quantitative estimate of drug-likeness (QED) is 0.766. The minimum absolute atomic E-state index is 0.0114. The molecule has 2 rings (SSSR count). The van der Waals surface area contributed by atoms with E-state index in [2.05, 4.69) is 10.6 Å². The Hall–Kier alpha value is -2.82. The van der Waals surface area contributed by atoms with E-state index in [-0.39, 0.29) is 24.4 Å². The van der Waals surface area contributed by atoms with Crippen LogP contribution in [0, 0.1) is 0 Å². The first-order valence-corrected chi connectivity index (χ1v) is 8.97. The smallest absolute Gasteiger partial charge is 0.246 e. The number of hydrogen-bond donors (Lipinski definition) is 2. The van der Waals surface area contributed by atoms with Gasteiger partial charge in [0, 0.05) is 24.0 Å². The minimum atomic E-state index is 0.0114. The molecule has 0 unspecified atom stereocenters. The first kappa shape index (κ1) is 19.5. The molecule has 0 aliphatic heterocycles. The zero-order chi connectivity index (χ0) is 18.9. The average molecular weight is 353 g/mol. The van der Waals surface area contributed by atoms with Crippen LogP contribution in [0.1, 0.15) is 26.3 Å². The number of anilines is 2. The van der Waals surface area contributed by atoms with Crippen molar-refractivity contribution < 1.29 is 9.59 Å². The standard InChI is InChI=1S/C21H27N3O2/c1-4-24(19-8-6-5-7-9-19)21(26)15-22-18-12-10-17(11-13-18)14-20(25)23-16(2)3/h5-13,16,22H,4,14-15H2,1-3H3,(H,23,25). The third kappa shape index (κ3) is 5.92. The topological polar surface area (TPSA) is 61.4 Å². The fraction of sp³-hybridized carbons (Fsp3) is 0.333. The lowest BCUT2D eigenvalue weighted by Crippen LogP contribution is -2.35. The van der Waals surface area contributed by atoms with Gasteiger partial charge >= 0.3 is 0 Å². The van der Waals surface area contributed by atoms with Crippen LogP contribution < -0.4 is 15.5 Å². The van der Waals surface area contributed by atoms with Gasteiger partial charge in [0.2, 0.25) is 11.8 Å². The van der Waals surface area contributed by atoms with Crippen molar-refractivity contribution in [1.82, 2.24) is 5.32 Å². The number of likely N-dealkylation sites (N-methyl/N-ethyl adjacent to an activating group) is 1. The van der Waals surface area contributed by atoms with Gasteiger partial charge in [0.25, 0.3) is 0 Å². The van der Waals surface area contributed by atoms with Gasteiger partial charge in [-0.25, -0.2) is 0 Å². The van der Waals surface area contributed by atoms with E-state index in [4.69, 9.17) is 0 Å². The van der Waals surface area contributed by atoms with Crippen LogP contribution in [-0.2, 0) is 16.0 Å². The Morgan fingerprint density at radius 1 is 1.00 bits per heavy atom.